The largest absolute Gasteiger partial charge is 0.339 e. The molecule has 8 nitrogen and oxygen atoms in total. The first-order valence-electron chi connectivity index (χ1n) is 9.78. The fourth-order valence-corrected chi connectivity index (χ4v) is 5.23. The molecule has 1 aromatic rings. The van der Waals surface area contributed by atoms with Crippen molar-refractivity contribution >= 4 is 17.8 Å². The molecule has 0 bridgehead atoms. The quantitative estimate of drug-likeness (QED) is 0.715. The Labute approximate surface area is 165 Å². The molecule has 1 aromatic heterocycles. The molecule has 4 amide bonds. The van der Waals surface area contributed by atoms with Gasteiger partial charge in [0.15, 0.2) is 0 Å². The van der Waals surface area contributed by atoms with E-state index in [2.05, 4.69) is 4.98 Å². The highest BCUT2D eigenvalue weighted by Crippen LogP contribution is 2.49. The van der Waals surface area contributed by atoms with E-state index in [9.17, 15) is 14.4 Å². The second-order valence-electron chi connectivity index (χ2n) is 8.33. The molecule has 150 valence electrons. The van der Waals surface area contributed by atoms with Crippen LogP contribution in [-0.4, -0.2) is 95.3 Å². The van der Waals surface area contributed by atoms with E-state index in [0.717, 1.165) is 12.8 Å². The summed E-state index contributed by atoms with van der Waals surface area (Å²) < 4.78 is 0. The Morgan fingerprint density at radius 1 is 1.18 bits per heavy atom. The average molecular weight is 385 g/mol. The van der Waals surface area contributed by atoms with Crippen molar-refractivity contribution in [2.24, 2.45) is 11.8 Å². The Balaban J connectivity index is 1.50. The van der Waals surface area contributed by atoms with Crippen LogP contribution in [0.3, 0.4) is 0 Å². The highest BCUT2D eigenvalue weighted by Gasteiger charge is 2.61. The van der Waals surface area contributed by atoms with Crippen LogP contribution in [0, 0.1) is 11.8 Å². The molecular weight excluding hydrogens is 358 g/mol. The number of hydrogen-bond acceptors (Lipinski definition) is 4. The second kappa shape index (κ2) is 6.76. The molecule has 0 aliphatic carbocycles. The number of amides is 4. The predicted octanol–water partition coefficient (Wildman–Crippen LogP) is 0.758. The van der Waals surface area contributed by atoms with Gasteiger partial charge in [-0.3, -0.25) is 14.6 Å². The van der Waals surface area contributed by atoms with Gasteiger partial charge in [-0.15, -0.1) is 0 Å². The predicted molar refractivity (Wildman–Crippen MR) is 103 cm³/mol. The van der Waals surface area contributed by atoms with Crippen molar-refractivity contribution in [3.63, 3.8) is 0 Å². The summed E-state index contributed by atoms with van der Waals surface area (Å²) in [5.41, 5.74) is 0.324. The monoisotopic (exact) mass is 385 g/mol. The maximum Gasteiger partial charge on any atom is 0.319 e. The third kappa shape index (κ3) is 2.73. The van der Waals surface area contributed by atoms with Crippen molar-refractivity contribution in [1.82, 2.24) is 24.6 Å². The van der Waals surface area contributed by atoms with Gasteiger partial charge in [-0.2, -0.15) is 0 Å². The minimum Gasteiger partial charge on any atom is -0.339 e. The Hall–Kier alpha value is -2.64. The van der Waals surface area contributed by atoms with Crippen LogP contribution >= 0.6 is 0 Å². The number of pyridine rings is 1. The van der Waals surface area contributed by atoms with Gasteiger partial charge in [0.1, 0.15) is 0 Å². The summed E-state index contributed by atoms with van der Waals surface area (Å²) in [7, 11) is 5.36. The van der Waals surface area contributed by atoms with Gasteiger partial charge in [0.2, 0.25) is 5.91 Å². The van der Waals surface area contributed by atoms with E-state index in [1.165, 1.54) is 0 Å². The first-order chi connectivity index (χ1) is 13.3. The lowest BCUT2D eigenvalue weighted by molar-refractivity contribution is -0.133. The number of rotatable bonds is 1. The van der Waals surface area contributed by atoms with E-state index in [1.54, 1.807) is 48.4 Å². The Morgan fingerprint density at radius 2 is 1.89 bits per heavy atom. The number of urea groups is 1. The molecule has 0 unspecified atom stereocenters. The molecule has 2 atom stereocenters. The first kappa shape index (κ1) is 18.7. The van der Waals surface area contributed by atoms with Gasteiger partial charge in [0, 0.05) is 65.6 Å². The Kier molecular flexibility index (Phi) is 4.51. The Bertz CT molecular complexity index is 788. The summed E-state index contributed by atoms with van der Waals surface area (Å²) in [5, 5.41) is 0. The van der Waals surface area contributed by atoms with E-state index in [4.69, 9.17) is 0 Å². The standard InChI is InChI=1S/C20H27N5O3/c1-22(2)19(28)25-12-15-16(13-25)20(23(3)18(15)27)6-9-24(10-7-20)17(26)14-5-4-8-21-11-14/h4-5,8,11,15-16H,6-7,9-10,12-13H2,1-3H3/t15-,16+/m0/s1. The summed E-state index contributed by atoms with van der Waals surface area (Å²) >= 11 is 0. The molecule has 8 heteroatoms. The van der Waals surface area contributed by atoms with Crippen molar-refractivity contribution in [1.29, 1.82) is 0 Å². The highest BCUT2D eigenvalue weighted by molar-refractivity contribution is 5.94. The molecular formula is C20H27N5O3. The minimum atomic E-state index is -0.269. The normalized spacial score (nSPS) is 26.0. The summed E-state index contributed by atoms with van der Waals surface area (Å²) in [4.78, 5) is 49.2. The van der Waals surface area contributed by atoms with Crippen molar-refractivity contribution in [3.8, 4) is 0 Å². The summed E-state index contributed by atoms with van der Waals surface area (Å²) in [6.45, 7) is 2.31. The smallest absolute Gasteiger partial charge is 0.319 e. The maximum atomic E-state index is 12.9. The van der Waals surface area contributed by atoms with E-state index >= 15 is 0 Å². The number of carbonyl (C=O) groups excluding carboxylic acids is 3. The number of fused-ring (bicyclic) bond motifs is 2. The molecule has 4 rings (SSSR count). The average Bonchev–Trinajstić information content (AvgIpc) is 3.24. The maximum absolute atomic E-state index is 12.9. The molecule has 0 radical (unpaired) electrons. The zero-order chi connectivity index (χ0) is 20.1. The van der Waals surface area contributed by atoms with Gasteiger partial charge in [-0.25, -0.2) is 4.79 Å². The zero-order valence-electron chi connectivity index (χ0n) is 16.7. The van der Waals surface area contributed by atoms with Crippen LogP contribution in [0.4, 0.5) is 4.79 Å². The molecule has 1 spiro atoms. The number of likely N-dealkylation sites (tertiary alicyclic amines) is 3. The van der Waals surface area contributed by atoms with Crippen molar-refractivity contribution in [3.05, 3.63) is 30.1 Å². The van der Waals surface area contributed by atoms with Gasteiger partial charge in [-0.1, -0.05) is 0 Å². The highest BCUT2D eigenvalue weighted by atomic mass is 16.2. The number of hydrogen-bond donors (Lipinski definition) is 0. The molecule has 0 N–H and O–H groups in total. The van der Waals surface area contributed by atoms with E-state index in [0.29, 0.717) is 31.7 Å². The van der Waals surface area contributed by atoms with Crippen LogP contribution in [0.1, 0.15) is 23.2 Å². The molecule has 0 saturated carbocycles. The molecule has 4 heterocycles. The topological polar surface area (TPSA) is 77.1 Å². The van der Waals surface area contributed by atoms with Crippen molar-refractivity contribution in [2.45, 2.75) is 18.4 Å². The van der Waals surface area contributed by atoms with Crippen LogP contribution in [-0.2, 0) is 4.79 Å². The van der Waals surface area contributed by atoms with Crippen LogP contribution in [0.2, 0.25) is 0 Å². The van der Waals surface area contributed by atoms with Crippen LogP contribution in [0.25, 0.3) is 0 Å². The fourth-order valence-electron chi connectivity index (χ4n) is 5.23. The third-order valence-corrected chi connectivity index (χ3v) is 6.80. The molecule has 3 aliphatic rings. The number of piperidine rings is 1. The van der Waals surface area contributed by atoms with Gasteiger partial charge < -0.3 is 19.6 Å². The van der Waals surface area contributed by atoms with Gasteiger partial charge in [-0.05, 0) is 25.0 Å². The van der Waals surface area contributed by atoms with E-state index in [1.807, 2.05) is 16.8 Å². The van der Waals surface area contributed by atoms with Crippen LogP contribution < -0.4 is 0 Å². The van der Waals surface area contributed by atoms with Gasteiger partial charge in [0.25, 0.3) is 5.91 Å². The number of aromatic nitrogens is 1. The second-order valence-corrected chi connectivity index (χ2v) is 8.33. The Morgan fingerprint density at radius 3 is 2.50 bits per heavy atom. The van der Waals surface area contributed by atoms with Gasteiger partial charge in [0.05, 0.1) is 17.0 Å². The summed E-state index contributed by atoms with van der Waals surface area (Å²) in [6, 6.07) is 3.51. The number of nitrogens with zero attached hydrogens (tertiary/aromatic N) is 5. The van der Waals surface area contributed by atoms with Crippen LogP contribution in [0.15, 0.2) is 24.5 Å². The number of carbonyl (C=O) groups is 3. The molecule has 0 aromatic carbocycles. The third-order valence-electron chi connectivity index (χ3n) is 6.80. The van der Waals surface area contributed by atoms with Crippen molar-refractivity contribution in [2.75, 3.05) is 47.3 Å². The summed E-state index contributed by atoms with van der Waals surface area (Å²) in [5.74, 6) is 0.118. The lowest BCUT2D eigenvalue weighted by Gasteiger charge is -2.46. The molecule has 3 saturated heterocycles. The summed E-state index contributed by atoms with van der Waals surface area (Å²) in [6.07, 6.45) is 4.73. The first-order valence-corrected chi connectivity index (χ1v) is 9.78. The zero-order valence-corrected chi connectivity index (χ0v) is 16.7. The lowest BCUT2D eigenvalue weighted by atomic mass is 9.75. The van der Waals surface area contributed by atoms with E-state index in [-0.39, 0.29) is 35.2 Å². The SMILES string of the molecule is CN(C)C(=O)N1C[C@@H]2C(=O)N(C)C3(CCN(C(=O)c4cccnc4)CC3)[C@@H]2C1. The van der Waals surface area contributed by atoms with Gasteiger partial charge >= 0.3 is 6.03 Å². The van der Waals surface area contributed by atoms with Crippen molar-refractivity contribution < 1.29 is 14.4 Å². The fraction of sp³-hybridized carbons (Fsp3) is 0.600. The minimum absolute atomic E-state index is 0.0117. The molecule has 3 aliphatic heterocycles. The van der Waals surface area contributed by atoms with Crippen LogP contribution in [0.5, 0.6) is 0 Å². The molecule has 28 heavy (non-hydrogen) atoms. The van der Waals surface area contributed by atoms with E-state index < -0.39 is 0 Å². The lowest BCUT2D eigenvalue weighted by Crippen LogP contribution is -2.57. The molecule has 3 fully saturated rings.